The van der Waals surface area contributed by atoms with Crippen molar-refractivity contribution >= 4 is 38.3 Å². The third-order valence-electron chi connectivity index (χ3n) is 5.47. The summed E-state index contributed by atoms with van der Waals surface area (Å²) in [5, 5.41) is 11.6. The monoisotopic (exact) mass is 494 g/mol. The average Bonchev–Trinajstić information content (AvgIpc) is 3.19. The second kappa shape index (κ2) is 9.59. The van der Waals surface area contributed by atoms with Gasteiger partial charge in [-0.2, -0.15) is 0 Å². The SMILES string of the molecule is CCOC(=O)c1oc2ccc(N(Cc3ccccc3)S(=O)(=O)c3ccc([N+](=O)[O-])cc3)cc2c1C. The molecular weight excluding hydrogens is 472 g/mol. The molecule has 1 heterocycles. The van der Waals surface area contributed by atoms with Crippen molar-refractivity contribution < 1.29 is 27.3 Å². The predicted octanol–water partition coefficient (Wildman–Crippen LogP) is 5.22. The number of fused-ring (bicyclic) bond motifs is 1. The van der Waals surface area contributed by atoms with E-state index in [0.717, 1.165) is 17.7 Å². The molecule has 0 aliphatic carbocycles. The van der Waals surface area contributed by atoms with Crippen LogP contribution in [0.2, 0.25) is 0 Å². The molecule has 3 aromatic carbocycles. The fourth-order valence-electron chi connectivity index (χ4n) is 3.69. The Labute approximate surface area is 201 Å². The van der Waals surface area contributed by atoms with Crippen LogP contribution in [0.15, 0.2) is 82.1 Å². The molecule has 10 heteroatoms. The summed E-state index contributed by atoms with van der Waals surface area (Å²) in [6.45, 7) is 3.61. The van der Waals surface area contributed by atoms with Gasteiger partial charge in [0.1, 0.15) is 5.58 Å². The Morgan fingerprint density at radius 2 is 1.74 bits per heavy atom. The van der Waals surface area contributed by atoms with Gasteiger partial charge >= 0.3 is 5.97 Å². The third-order valence-corrected chi connectivity index (χ3v) is 7.26. The number of esters is 1. The van der Waals surface area contributed by atoms with Gasteiger partial charge in [0.25, 0.3) is 15.7 Å². The van der Waals surface area contributed by atoms with Crippen LogP contribution in [0.5, 0.6) is 0 Å². The van der Waals surface area contributed by atoms with E-state index in [0.29, 0.717) is 22.2 Å². The van der Waals surface area contributed by atoms with E-state index in [9.17, 15) is 23.3 Å². The Morgan fingerprint density at radius 1 is 1.06 bits per heavy atom. The molecule has 1 aromatic heterocycles. The number of sulfonamides is 1. The minimum absolute atomic E-state index is 0.0211. The Bertz CT molecular complexity index is 1490. The lowest BCUT2D eigenvalue weighted by molar-refractivity contribution is -0.384. The van der Waals surface area contributed by atoms with Crippen molar-refractivity contribution in [1.82, 2.24) is 0 Å². The molecule has 4 rings (SSSR count). The number of furan rings is 1. The Morgan fingerprint density at radius 3 is 2.37 bits per heavy atom. The number of nitro groups is 1. The Hall–Kier alpha value is -4.18. The minimum atomic E-state index is -4.11. The number of nitro benzene ring substituents is 1. The van der Waals surface area contributed by atoms with Crippen molar-refractivity contribution in [2.45, 2.75) is 25.3 Å². The van der Waals surface area contributed by atoms with Gasteiger partial charge in [0, 0.05) is 23.1 Å². The molecular formula is C25H22N2O7S. The summed E-state index contributed by atoms with van der Waals surface area (Å²) in [5.74, 6) is -0.533. The summed E-state index contributed by atoms with van der Waals surface area (Å²) >= 11 is 0. The maximum Gasteiger partial charge on any atom is 0.374 e. The maximum absolute atomic E-state index is 13.7. The van der Waals surface area contributed by atoms with Crippen molar-refractivity contribution in [3.8, 4) is 0 Å². The number of nitrogens with zero attached hydrogens (tertiary/aromatic N) is 2. The number of aryl methyl sites for hydroxylation is 1. The molecule has 0 N–H and O–H groups in total. The van der Waals surface area contributed by atoms with E-state index in [1.165, 1.54) is 16.4 Å². The number of hydrogen-bond acceptors (Lipinski definition) is 7. The highest BCUT2D eigenvalue weighted by Crippen LogP contribution is 2.33. The largest absolute Gasteiger partial charge is 0.460 e. The van der Waals surface area contributed by atoms with Gasteiger partial charge in [-0.25, -0.2) is 13.2 Å². The molecule has 0 aliphatic rings. The smallest absolute Gasteiger partial charge is 0.374 e. The summed E-state index contributed by atoms with van der Waals surface area (Å²) in [6, 6.07) is 18.6. The highest BCUT2D eigenvalue weighted by Gasteiger charge is 2.27. The van der Waals surface area contributed by atoms with Crippen molar-refractivity contribution in [3.63, 3.8) is 0 Å². The average molecular weight is 495 g/mol. The third kappa shape index (κ3) is 4.73. The van der Waals surface area contributed by atoms with Gasteiger partial charge in [-0.05, 0) is 49.7 Å². The van der Waals surface area contributed by atoms with Crippen molar-refractivity contribution in [3.05, 3.63) is 99.8 Å². The number of anilines is 1. The second-order valence-corrected chi connectivity index (χ2v) is 9.57. The first-order chi connectivity index (χ1) is 16.7. The molecule has 0 unspecified atom stereocenters. The summed E-state index contributed by atoms with van der Waals surface area (Å²) in [6.07, 6.45) is 0. The molecule has 0 saturated heterocycles. The summed E-state index contributed by atoms with van der Waals surface area (Å²) in [5.41, 5.74) is 1.84. The van der Waals surface area contributed by atoms with Crippen LogP contribution in [-0.2, 0) is 21.3 Å². The van der Waals surface area contributed by atoms with Crippen LogP contribution in [0.3, 0.4) is 0 Å². The number of ether oxygens (including phenoxy) is 1. The summed E-state index contributed by atoms with van der Waals surface area (Å²) in [7, 11) is -4.11. The van der Waals surface area contributed by atoms with Gasteiger partial charge in [0.15, 0.2) is 0 Å². The second-order valence-electron chi connectivity index (χ2n) is 7.71. The van der Waals surface area contributed by atoms with Gasteiger partial charge < -0.3 is 9.15 Å². The van der Waals surface area contributed by atoms with Crippen LogP contribution in [0.4, 0.5) is 11.4 Å². The molecule has 0 fully saturated rings. The van der Waals surface area contributed by atoms with Crippen molar-refractivity contribution in [2.75, 3.05) is 10.9 Å². The molecule has 9 nitrogen and oxygen atoms in total. The maximum atomic E-state index is 13.7. The summed E-state index contributed by atoms with van der Waals surface area (Å²) in [4.78, 5) is 22.6. The lowest BCUT2D eigenvalue weighted by atomic mass is 10.1. The number of hydrogen-bond donors (Lipinski definition) is 0. The molecule has 35 heavy (non-hydrogen) atoms. The fraction of sp³-hybridized carbons (Fsp3) is 0.160. The molecule has 0 radical (unpaired) electrons. The first kappa shape index (κ1) is 24.0. The number of carbonyl (C=O) groups excluding carboxylic acids is 1. The van der Waals surface area contributed by atoms with Crippen LogP contribution in [-0.4, -0.2) is 25.9 Å². The highest BCUT2D eigenvalue weighted by molar-refractivity contribution is 7.92. The number of benzene rings is 3. The molecule has 0 bridgehead atoms. The minimum Gasteiger partial charge on any atom is -0.460 e. The van der Waals surface area contributed by atoms with E-state index < -0.39 is 20.9 Å². The fourth-order valence-corrected chi connectivity index (χ4v) is 5.13. The van der Waals surface area contributed by atoms with Crippen LogP contribution in [0.1, 0.15) is 28.6 Å². The Kier molecular flexibility index (Phi) is 6.57. The molecule has 4 aromatic rings. The number of non-ortho nitro benzene ring substituents is 1. The van der Waals surface area contributed by atoms with Gasteiger partial charge in [-0.1, -0.05) is 30.3 Å². The molecule has 0 atom stereocenters. The van der Waals surface area contributed by atoms with Crippen LogP contribution in [0, 0.1) is 17.0 Å². The lowest BCUT2D eigenvalue weighted by Crippen LogP contribution is -2.30. The van der Waals surface area contributed by atoms with Gasteiger partial charge in [-0.15, -0.1) is 0 Å². The van der Waals surface area contributed by atoms with E-state index in [1.54, 1.807) is 56.3 Å². The van der Waals surface area contributed by atoms with E-state index in [2.05, 4.69) is 0 Å². The number of carbonyl (C=O) groups is 1. The van der Waals surface area contributed by atoms with E-state index in [4.69, 9.17) is 9.15 Å². The van der Waals surface area contributed by atoms with Crippen LogP contribution >= 0.6 is 0 Å². The standard InChI is InChI=1S/C25H22N2O7S/c1-3-33-25(28)24-17(2)22-15-20(11-14-23(22)34-24)26(16-18-7-5-4-6-8-18)35(31,32)21-12-9-19(10-13-21)27(29)30/h4-15H,3,16H2,1-2H3. The zero-order valence-corrected chi connectivity index (χ0v) is 19.8. The van der Waals surface area contributed by atoms with Gasteiger partial charge in [0.2, 0.25) is 5.76 Å². The zero-order chi connectivity index (χ0) is 25.2. The first-order valence-corrected chi connectivity index (χ1v) is 12.2. The van der Waals surface area contributed by atoms with Gasteiger partial charge in [-0.3, -0.25) is 14.4 Å². The number of rotatable bonds is 8. The normalized spacial score (nSPS) is 11.4. The summed E-state index contributed by atoms with van der Waals surface area (Å²) < 4.78 is 39.3. The zero-order valence-electron chi connectivity index (χ0n) is 19.0. The molecule has 0 saturated carbocycles. The van der Waals surface area contributed by atoms with E-state index in [1.807, 2.05) is 6.07 Å². The van der Waals surface area contributed by atoms with E-state index >= 15 is 0 Å². The molecule has 0 spiro atoms. The highest BCUT2D eigenvalue weighted by atomic mass is 32.2. The van der Waals surface area contributed by atoms with E-state index in [-0.39, 0.29) is 29.5 Å². The quantitative estimate of drug-likeness (QED) is 0.187. The molecule has 0 aliphatic heterocycles. The van der Waals surface area contributed by atoms with Crippen LogP contribution in [0.25, 0.3) is 11.0 Å². The first-order valence-electron chi connectivity index (χ1n) is 10.7. The van der Waals surface area contributed by atoms with Crippen molar-refractivity contribution in [2.24, 2.45) is 0 Å². The molecule has 180 valence electrons. The predicted molar refractivity (Wildman–Crippen MR) is 130 cm³/mol. The lowest BCUT2D eigenvalue weighted by Gasteiger charge is -2.25. The van der Waals surface area contributed by atoms with Crippen LogP contribution < -0.4 is 4.31 Å². The Balaban J connectivity index is 1.82. The van der Waals surface area contributed by atoms with Gasteiger partial charge in [0.05, 0.1) is 28.7 Å². The van der Waals surface area contributed by atoms with Crippen molar-refractivity contribution in [1.29, 1.82) is 0 Å². The molecule has 0 amide bonds. The topological polar surface area (TPSA) is 120 Å².